The van der Waals surface area contributed by atoms with E-state index in [0.717, 1.165) is 28.3 Å². The molecule has 1 N–H and O–H groups in total. The van der Waals surface area contributed by atoms with E-state index in [4.69, 9.17) is 9.47 Å². The Bertz CT molecular complexity index is 630. The highest BCUT2D eigenvalue weighted by atomic mass is 16.5. The number of amides is 1. The van der Waals surface area contributed by atoms with Crippen molar-refractivity contribution >= 4 is 11.6 Å². The Morgan fingerprint density at radius 3 is 2.27 bits per heavy atom. The summed E-state index contributed by atoms with van der Waals surface area (Å²) in [4.78, 5) is 12.1. The number of rotatable bonds is 6. The number of aryl methyl sites for hydroxylation is 1. The Morgan fingerprint density at radius 1 is 1.05 bits per heavy atom. The Morgan fingerprint density at radius 2 is 1.68 bits per heavy atom. The SMILES string of the molecule is COc1cccc(OC)c1CCC(=O)Nc1cccc(C)c1. The summed E-state index contributed by atoms with van der Waals surface area (Å²) in [5.41, 5.74) is 2.84. The van der Waals surface area contributed by atoms with Gasteiger partial charge in [0.15, 0.2) is 0 Å². The molecule has 0 unspecified atom stereocenters. The highest BCUT2D eigenvalue weighted by Gasteiger charge is 2.12. The van der Waals surface area contributed by atoms with Crippen molar-refractivity contribution in [3.63, 3.8) is 0 Å². The van der Waals surface area contributed by atoms with Gasteiger partial charge in [0, 0.05) is 17.7 Å². The van der Waals surface area contributed by atoms with Gasteiger partial charge < -0.3 is 14.8 Å². The van der Waals surface area contributed by atoms with Gasteiger partial charge in [-0.25, -0.2) is 0 Å². The van der Waals surface area contributed by atoms with E-state index in [0.29, 0.717) is 12.8 Å². The van der Waals surface area contributed by atoms with Crippen LogP contribution in [0.3, 0.4) is 0 Å². The molecule has 0 aliphatic carbocycles. The molecule has 0 fully saturated rings. The maximum atomic E-state index is 12.1. The second kappa shape index (κ2) is 7.50. The van der Waals surface area contributed by atoms with Gasteiger partial charge in [-0.15, -0.1) is 0 Å². The van der Waals surface area contributed by atoms with Crippen LogP contribution in [0, 0.1) is 6.92 Å². The average Bonchev–Trinajstić information content (AvgIpc) is 2.52. The van der Waals surface area contributed by atoms with Gasteiger partial charge >= 0.3 is 0 Å². The highest BCUT2D eigenvalue weighted by molar-refractivity contribution is 5.91. The standard InChI is InChI=1S/C18H21NO3/c1-13-6-4-7-14(12-13)19-18(20)11-10-15-16(21-2)8-5-9-17(15)22-3/h4-9,12H,10-11H2,1-3H3,(H,19,20). The summed E-state index contributed by atoms with van der Waals surface area (Å²) in [5, 5.41) is 2.91. The van der Waals surface area contributed by atoms with Gasteiger partial charge in [0.25, 0.3) is 0 Å². The fourth-order valence-corrected chi connectivity index (χ4v) is 2.36. The third-order valence-electron chi connectivity index (χ3n) is 3.43. The van der Waals surface area contributed by atoms with Gasteiger partial charge in [0.05, 0.1) is 14.2 Å². The van der Waals surface area contributed by atoms with Crippen molar-refractivity contribution in [1.29, 1.82) is 0 Å². The van der Waals surface area contributed by atoms with Crippen molar-refractivity contribution in [1.82, 2.24) is 0 Å². The fraction of sp³-hybridized carbons (Fsp3) is 0.278. The van der Waals surface area contributed by atoms with Crippen LogP contribution in [0.5, 0.6) is 11.5 Å². The molecule has 0 atom stereocenters. The summed E-state index contributed by atoms with van der Waals surface area (Å²) in [5.74, 6) is 1.45. The van der Waals surface area contributed by atoms with E-state index in [9.17, 15) is 4.79 Å². The van der Waals surface area contributed by atoms with Crippen LogP contribution in [0.2, 0.25) is 0 Å². The van der Waals surface area contributed by atoms with Crippen LogP contribution >= 0.6 is 0 Å². The number of benzene rings is 2. The van der Waals surface area contributed by atoms with Crippen molar-refractivity contribution in [3.8, 4) is 11.5 Å². The number of nitrogens with one attached hydrogen (secondary N) is 1. The van der Waals surface area contributed by atoms with Gasteiger partial charge in [-0.05, 0) is 43.2 Å². The van der Waals surface area contributed by atoms with Gasteiger partial charge in [-0.2, -0.15) is 0 Å². The van der Waals surface area contributed by atoms with Gasteiger partial charge in [-0.1, -0.05) is 18.2 Å². The van der Waals surface area contributed by atoms with Gasteiger partial charge in [0.1, 0.15) is 11.5 Å². The van der Waals surface area contributed by atoms with E-state index in [1.54, 1.807) is 14.2 Å². The Balaban J connectivity index is 2.02. The Hall–Kier alpha value is -2.49. The largest absolute Gasteiger partial charge is 0.496 e. The fourth-order valence-electron chi connectivity index (χ4n) is 2.36. The van der Waals surface area contributed by atoms with Crippen molar-refractivity contribution in [2.24, 2.45) is 0 Å². The first kappa shape index (κ1) is 15.9. The first-order chi connectivity index (χ1) is 10.6. The van der Waals surface area contributed by atoms with Crippen molar-refractivity contribution in [2.45, 2.75) is 19.8 Å². The lowest BCUT2D eigenvalue weighted by Gasteiger charge is -2.13. The van der Waals surface area contributed by atoms with Crippen molar-refractivity contribution < 1.29 is 14.3 Å². The van der Waals surface area contributed by atoms with E-state index >= 15 is 0 Å². The molecule has 2 rings (SSSR count). The van der Waals surface area contributed by atoms with Gasteiger partial charge in [0.2, 0.25) is 5.91 Å². The molecule has 22 heavy (non-hydrogen) atoms. The lowest BCUT2D eigenvalue weighted by Crippen LogP contribution is -2.13. The summed E-state index contributed by atoms with van der Waals surface area (Å²) in [6, 6.07) is 13.4. The number of anilines is 1. The molecule has 1 amide bonds. The van der Waals surface area contributed by atoms with Gasteiger partial charge in [-0.3, -0.25) is 4.79 Å². The first-order valence-electron chi connectivity index (χ1n) is 7.20. The molecule has 0 aliphatic rings. The smallest absolute Gasteiger partial charge is 0.224 e. The monoisotopic (exact) mass is 299 g/mol. The van der Waals surface area contributed by atoms with Crippen LogP contribution < -0.4 is 14.8 Å². The van der Waals surface area contributed by atoms with Crippen LogP contribution in [-0.2, 0) is 11.2 Å². The van der Waals surface area contributed by atoms with Crippen LogP contribution in [0.25, 0.3) is 0 Å². The minimum absolute atomic E-state index is 0.0291. The summed E-state index contributed by atoms with van der Waals surface area (Å²) in [6.07, 6.45) is 0.926. The number of ether oxygens (including phenoxy) is 2. The lowest BCUT2D eigenvalue weighted by molar-refractivity contribution is -0.116. The minimum atomic E-state index is -0.0291. The average molecular weight is 299 g/mol. The highest BCUT2D eigenvalue weighted by Crippen LogP contribution is 2.29. The molecule has 2 aromatic rings. The van der Waals surface area contributed by atoms with Crippen LogP contribution in [0.1, 0.15) is 17.5 Å². The van der Waals surface area contributed by atoms with E-state index < -0.39 is 0 Å². The molecule has 2 aromatic carbocycles. The Labute approximate surface area is 131 Å². The minimum Gasteiger partial charge on any atom is -0.496 e. The molecule has 0 saturated carbocycles. The topological polar surface area (TPSA) is 47.6 Å². The number of hydrogen-bond acceptors (Lipinski definition) is 3. The molecule has 0 aromatic heterocycles. The molecule has 0 aliphatic heterocycles. The summed E-state index contributed by atoms with van der Waals surface area (Å²) in [6.45, 7) is 2.00. The predicted molar refractivity (Wildman–Crippen MR) is 87.7 cm³/mol. The molecule has 4 heteroatoms. The molecule has 4 nitrogen and oxygen atoms in total. The first-order valence-corrected chi connectivity index (χ1v) is 7.20. The maximum absolute atomic E-state index is 12.1. The summed E-state index contributed by atoms with van der Waals surface area (Å²) in [7, 11) is 3.23. The number of hydrogen-bond donors (Lipinski definition) is 1. The van der Waals surface area contributed by atoms with Crippen LogP contribution in [0.15, 0.2) is 42.5 Å². The third kappa shape index (κ3) is 4.01. The van der Waals surface area contributed by atoms with Crippen molar-refractivity contribution in [2.75, 3.05) is 19.5 Å². The number of methoxy groups -OCH3 is 2. The molecule has 0 radical (unpaired) electrons. The van der Waals surface area contributed by atoms with E-state index in [-0.39, 0.29) is 5.91 Å². The predicted octanol–water partition coefficient (Wildman–Crippen LogP) is 3.58. The molecule has 0 spiro atoms. The lowest BCUT2D eigenvalue weighted by atomic mass is 10.1. The van der Waals surface area contributed by atoms with Crippen LogP contribution in [0.4, 0.5) is 5.69 Å². The maximum Gasteiger partial charge on any atom is 0.224 e. The summed E-state index contributed by atoms with van der Waals surface area (Å²) < 4.78 is 10.7. The van der Waals surface area contributed by atoms with E-state index in [2.05, 4.69) is 5.32 Å². The number of carbonyl (C=O) groups is 1. The second-order valence-corrected chi connectivity index (χ2v) is 5.06. The Kier molecular flexibility index (Phi) is 5.42. The molecule has 0 bridgehead atoms. The summed E-state index contributed by atoms with van der Waals surface area (Å²) >= 11 is 0. The number of carbonyl (C=O) groups excluding carboxylic acids is 1. The van der Waals surface area contributed by atoms with E-state index in [1.165, 1.54) is 0 Å². The van der Waals surface area contributed by atoms with Crippen molar-refractivity contribution in [3.05, 3.63) is 53.6 Å². The zero-order valence-electron chi connectivity index (χ0n) is 13.2. The molecular weight excluding hydrogens is 278 g/mol. The molecule has 116 valence electrons. The van der Waals surface area contributed by atoms with E-state index in [1.807, 2.05) is 49.4 Å². The molecule has 0 heterocycles. The normalized spacial score (nSPS) is 10.1. The molecule has 0 saturated heterocycles. The zero-order chi connectivity index (χ0) is 15.9. The third-order valence-corrected chi connectivity index (χ3v) is 3.43. The zero-order valence-corrected chi connectivity index (χ0v) is 13.2. The second-order valence-electron chi connectivity index (χ2n) is 5.06. The molecular formula is C18H21NO3. The van der Waals surface area contributed by atoms with Crippen LogP contribution in [-0.4, -0.2) is 20.1 Å². The quantitative estimate of drug-likeness (QED) is 0.887.